The number of nitrogen functional groups attached to an aromatic ring is 1. The Kier molecular flexibility index (Phi) is 2.89. The lowest BCUT2D eigenvalue weighted by atomic mass is 10.1. The second-order valence-electron chi connectivity index (χ2n) is 2.68. The molecule has 0 spiro atoms. The van der Waals surface area contributed by atoms with E-state index in [9.17, 15) is 0 Å². The van der Waals surface area contributed by atoms with E-state index in [4.69, 9.17) is 16.3 Å². The zero-order valence-corrected chi connectivity index (χ0v) is 7.12. The third-order valence-electron chi connectivity index (χ3n) is 1.78. The van der Waals surface area contributed by atoms with E-state index < -0.39 is 0 Å². The molecule has 0 saturated carbocycles. The van der Waals surface area contributed by atoms with Gasteiger partial charge in [0, 0.05) is 12.1 Å². The minimum atomic E-state index is 0.430. The van der Waals surface area contributed by atoms with E-state index in [1.807, 2.05) is 12.1 Å². The maximum Gasteiger partial charge on any atom is 0.0991 e. The molecule has 13 heavy (non-hydrogen) atoms. The molecule has 0 saturated heterocycles. The molecule has 3 nitrogen and oxygen atoms in total. The summed E-state index contributed by atoms with van der Waals surface area (Å²) in [7, 11) is 0. The van der Waals surface area contributed by atoms with Crippen LogP contribution in [0.3, 0.4) is 0 Å². The van der Waals surface area contributed by atoms with E-state index in [0.29, 0.717) is 24.1 Å². The molecule has 0 heterocycles. The van der Waals surface area contributed by atoms with Crippen molar-refractivity contribution in [1.29, 1.82) is 10.5 Å². The summed E-state index contributed by atoms with van der Waals surface area (Å²) in [5.74, 6) is 0. The number of aryl methyl sites for hydroxylation is 1. The van der Waals surface area contributed by atoms with E-state index in [-0.39, 0.29) is 0 Å². The first-order valence-corrected chi connectivity index (χ1v) is 3.93. The first-order chi connectivity index (χ1) is 6.27. The van der Waals surface area contributed by atoms with E-state index in [0.717, 1.165) is 5.56 Å². The molecule has 1 aromatic carbocycles. The van der Waals surface area contributed by atoms with Gasteiger partial charge in [-0.25, -0.2) is 0 Å². The zero-order valence-electron chi connectivity index (χ0n) is 7.12. The van der Waals surface area contributed by atoms with Gasteiger partial charge in [0.2, 0.25) is 0 Å². The molecule has 64 valence electrons. The van der Waals surface area contributed by atoms with Crippen molar-refractivity contribution in [2.45, 2.75) is 12.8 Å². The number of nitriles is 2. The van der Waals surface area contributed by atoms with E-state index in [1.165, 1.54) is 0 Å². The highest BCUT2D eigenvalue weighted by Gasteiger charge is 2.00. The minimum Gasteiger partial charge on any atom is -0.399 e. The standard InChI is InChI=1S/C10H9N3/c11-5-1-2-9-6-8(7-12)3-4-10(9)13/h3-4,6H,1-2,13H2. The Hall–Kier alpha value is -2.00. The summed E-state index contributed by atoms with van der Waals surface area (Å²) in [6.07, 6.45) is 1.04. The lowest BCUT2D eigenvalue weighted by Crippen LogP contribution is -1.94. The fourth-order valence-corrected chi connectivity index (χ4v) is 1.08. The van der Waals surface area contributed by atoms with Gasteiger partial charge >= 0.3 is 0 Å². The Morgan fingerprint density at radius 3 is 2.69 bits per heavy atom. The Morgan fingerprint density at radius 1 is 1.31 bits per heavy atom. The molecule has 0 aliphatic heterocycles. The summed E-state index contributed by atoms with van der Waals surface area (Å²) in [5, 5.41) is 17.0. The Bertz CT molecular complexity index is 382. The van der Waals surface area contributed by atoms with Gasteiger partial charge in [-0.05, 0) is 30.2 Å². The van der Waals surface area contributed by atoms with Crippen LogP contribution >= 0.6 is 0 Å². The van der Waals surface area contributed by atoms with E-state index in [1.54, 1.807) is 18.2 Å². The van der Waals surface area contributed by atoms with Gasteiger partial charge in [-0.3, -0.25) is 0 Å². The maximum absolute atomic E-state index is 8.62. The van der Waals surface area contributed by atoms with Crippen molar-refractivity contribution in [2.24, 2.45) is 0 Å². The highest BCUT2D eigenvalue weighted by molar-refractivity contribution is 5.51. The molecule has 0 fully saturated rings. The largest absolute Gasteiger partial charge is 0.399 e. The van der Waals surface area contributed by atoms with Crippen LogP contribution in [0.5, 0.6) is 0 Å². The number of anilines is 1. The SMILES string of the molecule is N#CCCc1cc(C#N)ccc1N. The second kappa shape index (κ2) is 4.13. The molecule has 3 heteroatoms. The van der Waals surface area contributed by atoms with Crippen LogP contribution in [0.2, 0.25) is 0 Å². The molecule has 0 aliphatic carbocycles. The van der Waals surface area contributed by atoms with Crippen LogP contribution in [-0.4, -0.2) is 0 Å². The molecule has 0 aromatic heterocycles. The van der Waals surface area contributed by atoms with Crippen LogP contribution < -0.4 is 5.73 Å². The summed E-state index contributed by atoms with van der Waals surface area (Å²) in [5.41, 5.74) is 7.77. The third-order valence-corrected chi connectivity index (χ3v) is 1.78. The van der Waals surface area contributed by atoms with Crippen LogP contribution in [0.25, 0.3) is 0 Å². The average Bonchev–Trinajstić information content (AvgIpc) is 2.17. The molecular weight excluding hydrogens is 162 g/mol. The molecule has 0 bridgehead atoms. The van der Waals surface area contributed by atoms with Crippen molar-refractivity contribution in [3.05, 3.63) is 29.3 Å². The molecular formula is C10H9N3. The van der Waals surface area contributed by atoms with Gasteiger partial charge in [0.1, 0.15) is 0 Å². The summed E-state index contributed by atoms with van der Waals surface area (Å²) < 4.78 is 0. The number of rotatable bonds is 2. The van der Waals surface area contributed by atoms with Gasteiger partial charge in [-0.1, -0.05) is 0 Å². The van der Waals surface area contributed by atoms with Crippen molar-refractivity contribution in [3.63, 3.8) is 0 Å². The van der Waals surface area contributed by atoms with Crippen molar-refractivity contribution >= 4 is 5.69 Å². The topological polar surface area (TPSA) is 73.6 Å². The van der Waals surface area contributed by atoms with Gasteiger partial charge < -0.3 is 5.73 Å². The van der Waals surface area contributed by atoms with Crippen molar-refractivity contribution in [3.8, 4) is 12.1 Å². The minimum absolute atomic E-state index is 0.430. The quantitative estimate of drug-likeness (QED) is 0.687. The van der Waals surface area contributed by atoms with Crippen molar-refractivity contribution in [2.75, 3.05) is 5.73 Å². The highest BCUT2D eigenvalue weighted by Crippen LogP contribution is 2.15. The van der Waals surface area contributed by atoms with Crippen molar-refractivity contribution < 1.29 is 0 Å². The fourth-order valence-electron chi connectivity index (χ4n) is 1.08. The lowest BCUT2D eigenvalue weighted by molar-refractivity contribution is 1.01. The van der Waals surface area contributed by atoms with Gasteiger partial charge in [-0.2, -0.15) is 10.5 Å². The molecule has 0 amide bonds. The molecule has 0 radical (unpaired) electrons. The van der Waals surface area contributed by atoms with Gasteiger partial charge in [0.15, 0.2) is 0 Å². The second-order valence-corrected chi connectivity index (χ2v) is 2.68. The predicted octanol–water partition coefficient (Wildman–Crippen LogP) is 1.60. The van der Waals surface area contributed by atoms with Crippen LogP contribution in [0.1, 0.15) is 17.5 Å². The predicted molar refractivity (Wildman–Crippen MR) is 49.5 cm³/mol. The summed E-state index contributed by atoms with van der Waals surface area (Å²) in [4.78, 5) is 0. The van der Waals surface area contributed by atoms with Gasteiger partial charge in [0.25, 0.3) is 0 Å². The average molecular weight is 171 g/mol. The monoisotopic (exact) mass is 171 g/mol. The first-order valence-electron chi connectivity index (χ1n) is 3.93. The number of nitrogens with two attached hydrogens (primary N) is 1. The van der Waals surface area contributed by atoms with Crippen molar-refractivity contribution in [1.82, 2.24) is 0 Å². The normalized spacial score (nSPS) is 8.77. The lowest BCUT2D eigenvalue weighted by Gasteiger charge is -2.02. The fraction of sp³-hybridized carbons (Fsp3) is 0.200. The third kappa shape index (κ3) is 2.21. The zero-order chi connectivity index (χ0) is 9.68. The van der Waals surface area contributed by atoms with Gasteiger partial charge in [0.05, 0.1) is 17.7 Å². The Morgan fingerprint density at radius 2 is 2.08 bits per heavy atom. The van der Waals surface area contributed by atoms with E-state index in [2.05, 4.69) is 0 Å². The highest BCUT2D eigenvalue weighted by atomic mass is 14.6. The van der Waals surface area contributed by atoms with Gasteiger partial charge in [-0.15, -0.1) is 0 Å². The molecule has 0 unspecified atom stereocenters. The smallest absolute Gasteiger partial charge is 0.0991 e. The summed E-state index contributed by atoms with van der Waals surface area (Å²) >= 11 is 0. The molecule has 1 rings (SSSR count). The van der Waals surface area contributed by atoms with Crippen LogP contribution in [-0.2, 0) is 6.42 Å². The number of hydrogen-bond acceptors (Lipinski definition) is 3. The number of hydrogen-bond donors (Lipinski definition) is 1. The van der Waals surface area contributed by atoms with Crippen LogP contribution in [0.4, 0.5) is 5.69 Å². The molecule has 0 atom stereocenters. The number of nitrogens with zero attached hydrogens (tertiary/aromatic N) is 2. The summed E-state index contributed by atoms with van der Waals surface area (Å²) in [6, 6.07) is 9.18. The molecule has 1 aromatic rings. The van der Waals surface area contributed by atoms with E-state index >= 15 is 0 Å². The molecule has 0 aliphatic rings. The Labute approximate surface area is 77.0 Å². The van der Waals surface area contributed by atoms with Crippen LogP contribution in [0.15, 0.2) is 18.2 Å². The molecule has 2 N–H and O–H groups in total. The summed E-state index contributed by atoms with van der Waals surface area (Å²) in [6.45, 7) is 0. The maximum atomic E-state index is 8.62. The number of benzene rings is 1. The van der Waals surface area contributed by atoms with Crippen LogP contribution in [0, 0.1) is 22.7 Å². The Balaban J connectivity index is 2.93. The first kappa shape index (κ1) is 9.09.